The summed E-state index contributed by atoms with van der Waals surface area (Å²) in [6.07, 6.45) is 3.08. The lowest BCUT2D eigenvalue weighted by molar-refractivity contribution is 0.0638. The van der Waals surface area contributed by atoms with Crippen molar-refractivity contribution in [1.29, 1.82) is 0 Å². The molecule has 0 fully saturated rings. The number of nitrogens with one attached hydrogen (secondary N) is 1. The fraction of sp³-hybridized carbons (Fsp3) is 0.600. The van der Waals surface area contributed by atoms with E-state index in [2.05, 4.69) is 9.97 Å². The highest BCUT2D eigenvalue weighted by Gasteiger charge is 2.22. The molecule has 1 amide bonds. The van der Waals surface area contributed by atoms with Gasteiger partial charge in [0.1, 0.15) is 5.69 Å². The molecule has 1 N–H and O–H groups in total. The van der Waals surface area contributed by atoms with E-state index >= 15 is 0 Å². The smallest absolute Gasteiger partial charge is 0.272 e. The van der Waals surface area contributed by atoms with E-state index in [4.69, 9.17) is 0 Å². The zero-order valence-corrected chi connectivity index (χ0v) is 9.11. The molecule has 0 saturated carbocycles. The van der Waals surface area contributed by atoms with Gasteiger partial charge >= 0.3 is 0 Å². The summed E-state index contributed by atoms with van der Waals surface area (Å²) in [5, 5.41) is 0. The number of carbonyl (C=O) groups excluding carboxylic acids is 1. The molecule has 1 heterocycles. The van der Waals surface area contributed by atoms with Gasteiger partial charge in [-0.25, -0.2) is 4.98 Å². The summed E-state index contributed by atoms with van der Waals surface area (Å²) in [7, 11) is 0. The minimum atomic E-state index is 0.00694. The molecule has 0 bridgehead atoms. The first-order valence-electron chi connectivity index (χ1n) is 4.85. The Hall–Kier alpha value is -1.32. The maximum Gasteiger partial charge on any atom is 0.272 e. The maximum atomic E-state index is 11.9. The van der Waals surface area contributed by atoms with E-state index in [1.54, 1.807) is 6.20 Å². The van der Waals surface area contributed by atoms with E-state index in [1.165, 1.54) is 6.33 Å². The summed E-state index contributed by atoms with van der Waals surface area (Å²) >= 11 is 0. The molecule has 4 heteroatoms. The third-order valence-electron chi connectivity index (χ3n) is 2.08. The second-order valence-electron chi connectivity index (χ2n) is 3.87. The Kier molecular flexibility index (Phi) is 3.28. The number of imidazole rings is 1. The lowest BCUT2D eigenvalue weighted by Gasteiger charge is -2.30. The SMILES string of the molecule is CC(C)N(C(=O)c1cnc[nH]1)C(C)C. The van der Waals surface area contributed by atoms with Gasteiger partial charge in [0, 0.05) is 12.1 Å². The number of nitrogens with zero attached hydrogens (tertiary/aromatic N) is 2. The molecule has 1 aromatic heterocycles. The van der Waals surface area contributed by atoms with Crippen molar-refractivity contribution in [2.45, 2.75) is 39.8 Å². The fourth-order valence-corrected chi connectivity index (χ4v) is 1.58. The summed E-state index contributed by atoms with van der Waals surface area (Å²) in [6.45, 7) is 8.03. The number of amides is 1. The molecule has 0 aliphatic heterocycles. The maximum absolute atomic E-state index is 11.9. The molecule has 0 aliphatic carbocycles. The minimum absolute atomic E-state index is 0.00694. The number of aromatic nitrogens is 2. The zero-order valence-electron chi connectivity index (χ0n) is 9.11. The normalized spacial score (nSPS) is 11.0. The Bertz CT molecular complexity index is 282. The fourth-order valence-electron chi connectivity index (χ4n) is 1.58. The van der Waals surface area contributed by atoms with Gasteiger partial charge in [-0.15, -0.1) is 0 Å². The number of carbonyl (C=O) groups is 1. The highest BCUT2D eigenvalue weighted by Crippen LogP contribution is 2.09. The Morgan fingerprint density at radius 3 is 2.29 bits per heavy atom. The van der Waals surface area contributed by atoms with Crippen LogP contribution in [0.15, 0.2) is 12.5 Å². The van der Waals surface area contributed by atoms with Crippen molar-refractivity contribution in [3.63, 3.8) is 0 Å². The van der Waals surface area contributed by atoms with Crippen LogP contribution >= 0.6 is 0 Å². The number of hydrogen-bond donors (Lipinski definition) is 1. The summed E-state index contributed by atoms with van der Waals surface area (Å²) < 4.78 is 0. The van der Waals surface area contributed by atoms with E-state index in [9.17, 15) is 4.79 Å². The van der Waals surface area contributed by atoms with Crippen molar-refractivity contribution in [1.82, 2.24) is 14.9 Å². The number of hydrogen-bond acceptors (Lipinski definition) is 2. The third kappa shape index (κ3) is 2.13. The summed E-state index contributed by atoms with van der Waals surface area (Å²) in [5.74, 6) is 0.00694. The van der Waals surface area contributed by atoms with E-state index in [0.29, 0.717) is 5.69 Å². The molecule has 0 aromatic carbocycles. The van der Waals surface area contributed by atoms with E-state index < -0.39 is 0 Å². The van der Waals surface area contributed by atoms with Gasteiger partial charge in [-0.2, -0.15) is 0 Å². The van der Waals surface area contributed by atoms with Crippen LogP contribution in [-0.4, -0.2) is 32.9 Å². The number of H-pyrrole nitrogens is 1. The number of aromatic amines is 1. The first kappa shape index (κ1) is 10.8. The molecule has 14 heavy (non-hydrogen) atoms. The van der Waals surface area contributed by atoms with E-state index in [1.807, 2.05) is 32.6 Å². The first-order chi connectivity index (χ1) is 6.54. The van der Waals surface area contributed by atoms with Crippen molar-refractivity contribution >= 4 is 5.91 Å². The molecule has 0 unspecified atom stereocenters. The average Bonchev–Trinajstić information content (AvgIpc) is 2.53. The van der Waals surface area contributed by atoms with E-state index in [-0.39, 0.29) is 18.0 Å². The molecular formula is C10H17N3O. The molecule has 1 rings (SSSR count). The minimum Gasteiger partial charge on any atom is -0.341 e. The van der Waals surface area contributed by atoms with Crippen molar-refractivity contribution in [2.24, 2.45) is 0 Å². The third-order valence-corrected chi connectivity index (χ3v) is 2.08. The quantitative estimate of drug-likeness (QED) is 0.797. The molecule has 0 spiro atoms. The standard InChI is InChI=1S/C10H17N3O/c1-7(2)13(8(3)4)10(14)9-5-11-6-12-9/h5-8H,1-4H3,(H,11,12). The van der Waals surface area contributed by atoms with Crippen molar-refractivity contribution < 1.29 is 4.79 Å². The van der Waals surface area contributed by atoms with Crippen molar-refractivity contribution in [3.8, 4) is 0 Å². The Morgan fingerprint density at radius 2 is 1.93 bits per heavy atom. The van der Waals surface area contributed by atoms with Crippen LogP contribution in [-0.2, 0) is 0 Å². The molecule has 0 aliphatic rings. The predicted molar refractivity (Wildman–Crippen MR) is 55.0 cm³/mol. The van der Waals surface area contributed by atoms with Gasteiger partial charge in [-0.05, 0) is 27.7 Å². The second-order valence-corrected chi connectivity index (χ2v) is 3.87. The largest absolute Gasteiger partial charge is 0.341 e. The van der Waals surface area contributed by atoms with Gasteiger partial charge in [0.05, 0.1) is 12.5 Å². The molecular weight excluding hydrogens is 178 g/mol. The monoisotopic (exact) mass is 195 g/mol. The summed E-state index contributed by atoms with van der Waals surface area (Å²) in [6, 6.07) is 0.400. The Labute approximate surface area is 84.3 Å². The molecule has 1 aromatic rings. The van der Waals surface area contributed by atoms with Crippen LogP contribution in [0.5, 0.6) is 0 Å². The topological polar surface area (TPSA) is 49.0 Å². The van der Waals surface area contributed by atoms with Gasteiger partial charge in [0.2, 0.25) is 0 Å². The Morgan fingerprint density at radius 1 is 1.36 bits per heavy atom. The first-order valence-corrected chi connectivity index (χ1v) is 4.85. The van der Waals surface area contributed by atoms with Crippen LogP contribution in [0.2, 0.25) is 0 Å². The average molecular weight is 195 g/mol. The Balaban J connectivity index is 2.85. The van der Waals surface area contributed by atoms with Crippen LogP contribution in [0, 0.1) is 0 Å². The molecule has 0 atom stereocenters. The van der Waals surface area contributed by atoms with Crippen LogP contribution in [0.1, 0.15) is 38.2 Å². The number of rotatable bonds is 3. The zero-order chi connectivity index (χ0) is 10.7. The van der Waals surface area contributed by atoms with Crippen LogP contribution in [0.3, 0.4) is 0 Å². The second kappa shape index (κ2) is 4.26. The molecule has 0 radical (unpaired) electrons. The van der Waals surface area contributed by atoms with Gasteiger partial charge in [0.15, 0.2) is 0 Å². The summed E-state index contributed by atoms with van der Waals surface area (Å²) in [4.78, 5) is 20.4. The highest BCUT2D eigenvalue weighted by molar-refractivity contribution is 5.92. The lowest BCUT2D eigenvalue weighted by atomic mass is 10.2. The van der Waals surface area contributed by atoms with Gasteiger partial charge in [0.25, 0.3) is 5.91 Å². The van der Waals surface area contributed by atoms with Gasteiger partial charge in [-0.1, -0.05) is 0 Å². The lowest BCUT2D eigenvalue weighted by Crippen LogP contribution is -2.42. The van der Waals surface area contributed by atoms with Crippen LogP contribution in [0.4, 0.5) is 0 Å². The van der Waals surface area contributed by atoms with Gasteiger partial charge in [-0.3, -0.25) is 4.79 Å². The molecule has 0 saturated heterocycles. The van der Waals surface area contributed by atoms with Gasteiger partial charge < -0.3 is 9.88 Å². The van der Waals surface area contributed by atoms with E-state index in [0.717, 1.165) is 0 Å². The van der Waals surface area contributed by atoms with Crippen LogP contribution in [0.25, 0.3) is 0 Å². The summed E-state index contributed by atoms with van der Waals surface area (Å²) in [5.41, 5.74) is 0.549. The highest BCUT2D eigenvalue weighted by atomic mass is 16.2. The molecule has 78 valence electrons. The predicted octanol–water partition coefficient (Wildman–Crippen LogP) is 1.67. The van der Waals surface area contributed by atoms with Crippen LogP contribution < -0.4 is 0 Å². The van der Waals surface area contributed by atoms with Crippen molar-refractivity contribution in [2.75, 3.05) is 0 Å². The molecule has 4 nitrogen and oxygen atoms in total. The van der Waals surface area contributed by atoms with Crippen molar-refractivity contribution in [3.05, 3.63) is 18.2 Å².